The van der Waals surface area contributed by atoms with Gasteiger partial charge in [0.1, 0.15) is 0 Å². The monoisotopic (exact) mass is 416 g/mol. The zero-order chi connectivity index (χ0) is 20.7. The van der Waals surface area contributed by atoms with Gasteiger partial charge in [-0.05, 0) is 26.7 Å². The molecule has 2 aromatic rings. The smallest absolute Gasteiger partial charge is 0.332 e. The Morgan fingerprint density at radius 3 is 2.39 bits per heavy atom. The molecule has 0 aliphatic heterocycles. The van der Waals surface area contributed by atoms with Crippen LogP contribution in [0.3, 0.4) is 0 Å². The van der Waals surface area contributed by atoms with Gasteiger partial charge in [-0.2, -0.15) is 0 Å². The molecule has 28 heavy (non-hydrogen) atoms. The number of unbranched alkanes of at least 4 members (excludes halogenated alkanes) is 1. The molecule has 0 saturated carbocycles. The Kier molecular flexibility index (Phi) is 8.18. The Balaban J connectivity index is 2.19. The average molecular weight is 416 g/mol. The fraction of sp³-hybridized carbons (Fsp3) is 0.706. The lowest BCUT2D eigenvalue weighted by Gasteiger charge is -2.16. The third-order valence-corrected chi connectivity index (χ3v) is 6.52. The van der Waals surface area contributed by atoms with Gasteiger partial charge in [0, 0.05) is 27.2 Å². The fourth-order valence-electron chi connectivity index (χ4n) is 3.01. The zero-order valence-corrected chi connectivity index (χ0v) is 17.8. The van der Waals surface area contributed by atoms with Crippen molar-refractivity contribution in [1.82, 2.24) is 18.7 Å². The van der Waals surface area contributed by atoms with E-state index in [4.69, 9.17) is 13.8 Å². The van der Waals surface area contributed by atoms with Gasteiger partial charge in [-0.15, -0.1) is 0 Å². The molecule has 11 heteroatoms. The molecule has 0 fully saturated rings. The molecular formula is C17H29N4O6P. The Bertz CT molecular complexity index is 937. The first kappa shape index (κ1) is 22.5. The number of methoxy groups -OCH3 is 1. The summed E-state index contributed by atoms with van der Waals surface area (Å²) in [6.07, 6.45) is 2.79. The van der Waals surface area contributed by atoms with Crippen LogP contribution in [0.2, 0.25) is 0 Å². The van der Waals surface area contributed by atoms with E-state index in [-0.39, 0.29) is 18.3 Å². The predicted molar refractivity (Wildman–Crippen MR) is 106 cm³/mol. The topological polar surface area (TPSA) is 107 Å². The van der Waals surface area contributed by atoms with Crippen LogP contribution in [0.1, 0.15) is 26.7 Å². The minimum atomic E-state index is -3.12. The lowest BCUT2D eigenvalue weighted by Crippen LogP contribution is -2.39. The fourth-order valence-corrected chi connectivity index (χ4v) is 4.74. The van der Waals surface area contributed by atoms with Crippen molar-refractivity contribution in [3.05, 3.63) is 27.2 Å². The minimum Gasteiger partial charge on any atom is -0.383 e. The number of hydrogen-bond acceptors (Lipinski definition) is 7. The molecule has 0 bridgehead atoms. The van der Waals surface area contributed by atoms with E-state index in [1.807, 2.05) is 0 Å². The molecule has 0 amide bonds. The van der Waals surface area contributed by atoms with Gasteiger partial charge in [0.25, 0.3) is 5.56 Å². The third-order valence-electron chi connectivity index (χ3n) is 4.35. The first-order valence-electron chi connectivity index (χ1n) is 9.40. The van der Waals surface area contributed by atoms with Gasteiger partial charge >= 0.3 is 13.3 Å². The van der Waals surface area contributed by atoms with E-state index in [1.54, 1.807) is 32.6 Å². The van der Waals surface area contributed by atoms with Crippen molar-refractivity contribution >= 4 is 18.8 Å². The van der Waals surface area contributed by atoms with Gasteiger partial charge in [-0.1, -0.05) is 0 Å². The number of aryl methyl sites for hydroxylation is 1. The average Bonchev–Trinajstić information content (AvgIpc) is 3.08. The molecule has 10 nitrogen and oxygen atoms in total. The van der Waals surface area contributed by atoms with Crippen LogP contribution >= 0.6 is 7.60 Å². The van der Waals surface area contributed by atoms with E-state index in [0.29, 0.717) is 50.4 Å². The van der Waals surface area contributed by atoms with Gasteiger partial charge < -0.3 is 18.4 Å². The van der Waals surface area contributed by atoms with E-state index in [1.165, 1.54) is 15.5 Å². The van der Waals surface area contributed by atoms with Crippen molar-refractivity contribution in [3.8, 4) is 0 Å². The number of imidazole rings is 1. The molecule has 0 radical (unpaired) electrons. The van der Waals surface area contributed by atoms with Crippen molar-refractivity contribution < 1.29 is 18.3 Å². The van der Waals surface area contributed by atoms with Crippen molar-refractivity contribution in [2.24, 2.45) is 7.05 Å². The van der Waals surface area contributed by atoms with Crippen LogP contribution in [0.5, 0.6) is 0 Å². The normalized spacial score (nSPS) is 12.1. The van der Waals surface area contributed by atoms with Gasteiger partial charge in [-0.25, -0.2) is 9.78 Å². The number of rotatable bonds is 12. The van der Waals surface area contributed by atoms with E-state index < -0.39 is 13.3 Å². The number of aromatic nitrogens is 4. The highest BCUT2D eigenvalue weighted by atomic mass is 31.2. The predicted octanol–water partition coefficient (Wildman–Crippen LogP) is 1.59. The number of ether oxygens (including phenoxy) is 1. The molecule has 2 heterocycles. The van der Waals surface area contributed by atoms with Crippen LogP contribution in [0, 0.1) is 0 Å². The summed E-state index contributed by atoms with van der Waals surface area (Å²) in [5.74, 6) is 0. The Hall–Kier alpha value is -1.74. The summed E-state index contributed by atoms with van der Waals surface area (Å²) in [5, 5.41) is 0. The second kappa shape index (κ2) is 10.2. The molecular weight excluding hydrogens is 387 g/mol. The third kappa shape index (κ3) is 5.00. The summed E-state index contributed by atoms with van der Waals surface area (Å²) < 4.78 is 32.3. The zero-order valence-electron chi connectivity index (χ0n) is 16.9. The lowest BCUT2D eigenvalue weighted by atomic mass is 10.3. The molecule has 158 valence electrons. The quantitative estimate of drug-likeness (QED) is 0.382. The Morgan fingerprint density at radius 1 is 1.11 bits per heavy atom. The maximum Gasteiger partial charge on any atom is 0.332 e. The maximum atomic E-state index is 12.9. The summed E-state index contributed by atoms with van der Waals surface area (Å²) in [6.45, 7) is 5.24. The van der Waals surface area contributed by atoms with Crippen LogP contribution in [0.25, 0.3) is 11.2 Å². The molecule has 2 rings (SSSR count). The first-order chi connectivity index (χ1) is 13.4. The van der Waals surface area contributed by atoms with Gasteiger partial charge in [0.15, 0.2) is 11.2 Å². The van der Waals surface area contributed by atoms with Crippen LogP contribution in [-0.4, -0.2) is 51.8 Å². The van der Waals surface area contributed by atoms with Crippen molar-refractivity contribution in [2.45, 2.75) is 39.8 Å². The van der Waals surface area contributed by atoms with E-state index in [0.717, 1.165) is 0 Å². The van der Waals surface area contributed by atoms with Crippen LogP contribution in [-0.2, 0) is 38.5 Å². The molecule has 0 spiro atoms. The highest BCUT2D eigenvalue weighted by Crippen LogP contribution is 2.48. The maximum absolute atomic E-state index is 12.9. The van der Waals surface area contributed by atoms with Gasteiger partial charge in [-0.3, -0.25) is 18.5 Å². The van der Waals surface area contributed by atoms with Crippen molar-refractivity contribution in [2.75, 3.05) is 33.1 Å². The number of nitrogens with zero attached hydrogens (tertiary/aromatic N) is 4. The number of fused-ring (bicyclic) bond motifs is 1. The standard InChI is InChI=1S/C17H29N4O6P/c1-5-26-28(24,27-6-2)12-8-7-9-21-16(22)14-15(19(3)17(21)23)18-13-20(14)10-11-25-4/h13H,5-12H2,1-4H3. The van der Waals surface area contributed by atoms with Gasteiger partial charge in [0.2, 0.25) is 0 Å². The molecule has 0 N–H and O–H groups in total. The largest absolute Gasteiger partial charge is 0.383 e. The van der Waals surface area contributed by atoms with Gasteiger partial charge in [0.05, 0.1) is 32.3 Å². The first-order valence-corrected chi connectivity index (χ1v) is 11.1. The summed E-state index contributed by atoms with van der Waals surface area (Å²) in [7, 11) is 0.0473. The second-order valence-electron chi connectivity index (χ2n) is 6.28. The van der Waals surface area contributed by atoms with Crippen molar-refractivity contribution in [3.63, 3.8) is 0 Å². The van der Waals surface area contributed by atoms with E-state index >= 15 is 0 Å². The Labute approximate surface area is 163 Å². The second-order valence-corrected chi connectivity index (χ2v) is 8.46. The molecule has 0 unspecified atom stereocenters. The molecule has 2 aromatic heterocycles. The SMILES string of the molecule is CCOP(=O)(CCCCn1c(=O)c2c(ncn2CCOC)n(C)c1=O)OCC. The lowest BCUT2D eigenvalue weighted by molar-refractivity contribution is 0.188. The summed E-state index contributed by atoms with van der Waals surface area (Å²) in [5.41, 5.74) is -0.0928. The highest BCUT2D eigenvalue weighted by Gasteiger charge is 2.23. The number of hydrogen-bond donors (Lipinski definition) is 0. The highest BCUT2D eigenvalue weighted by molar-refractivity contribution is 7.53. The molecule has 0 aliphatic rings. The van der Waals surface area contributed by atoms with E-state index in [9.17, 15) is 14.2 Å². The molecule has 0 aromatic carbocycles. The molecule has 0 saturated heterocycles. The minimum absolute atomic E-state index is 0.217. The summed E-state index contributed by atoms with van der Waals surface area (Å²) in [4.78, 5) is 29.6. The Morgan fingerprint density at radius 2 is 1.79 bits per heavy atom. The summed E-state index contributed by atoms with van der Waals surface area (Å²) in [6, 6.07) is 0. The van der Waals surface area contributed by atoms with Crippen molar-refractivity contribution in [1.29, 1.82) is 0 Å². The van der Waals surface area contributed by atoms with Crippen LogP contribution in [0.4, 0.5) is 0 Å². The summed E-state index contributed by atoms with van der Waals surface area (Å²) >= 11 is 0. The van der Waals surface area contributed by atoms with E-state index in [2.05, 4.69) is 4.98 Å². The van der Waals surface area contributed by atoms with Crippen LogP contribution < -0.4 is 11.2 Å². The van der Waals surface area contributed by atoms with Crippen LogP contribution in [0.15, 0.2) is 15.9 Å². The molecule has 0 atom stereocenters. The molecule has 0 aliphatic carbocycles.